The minimum absolute atomic E-state index is 0.0602. The predicted octanol–water partition coefficient (Wildman–Crippen LogP) is 1.26. The third-order valence-electron chi connectivity index (χ3n) is 1.81. The van der Waals surface area contributed by atoms with Gasteiger partial charge >= 0.3 is 0 Å². The summed E-state index contributed by atoms with van der Waals surface area (Å²) in [5.74, 6) is 0.671. The maximum absolute atomic E-state index is 9.94. The summed E-state index contributed by atoms with van der Waals surface area (Å²) in [5, 5.41) is 13.2. The second kappa shape index (κ2) is 6.44. The highest BCUT2D eigenvalue weighted by Crippen LogP contribution is 2.22. The molecule has 1 aromatic rings. The minimum Gasteiger partial charge on any atom is -0.507 e. The number of benzene rings is 1. The fourth-order valence-corrected chi connectivity index (χ4v) is 1.08. The van der Waals surface area contributed by atoms with Crippen LogP contribution in [0.2, 0.25) is 0 Å². The molecule has 0 saturated carbocycles. The Morgan fingerprint density at radius 2 is 2.38 bits per heavy atom. The van der Waals surface area contributed by atoms with Crippen LogP contribution in [-0.2, 0) is 4.79 Å². The summed E-state index contributed by atoms with van der Waals surface area (Å²) in [6.07, 6.45) is 2.72. The highest BCUT2D eigenvalue weighted by Gasteiger charge is 2.00. The van der Waals surface area contributed by atoms with Gasteiger partial charge in [0.1, 0.15) is 11.5 Å². The zero-order chi connectivity index (χ0) is 11.8. The van der Waals surface area contributed by atoms with Crippen LogP contribution in [0.4, 0.5) is 0 Å². The lowest BCUT2D eigenvalue weighted by Gasteiger charge is -2.05. The predicted molar refractivity (Wildman–Crippen MR) is 60.7 cm³/mol. The van der Waals surface area contributed by atoms with E-state index in [4.69, 9.17) is 4.74 Å². The highest BCUT2D eigenvalue weighted by molar-refractivity contribution is 5.83. The molecule has 0 spiro atoms. The molecule has 1 amide bonds. The zero-order valence-corrected chi connectivity index (χ0v) is 9.01. The van der Waals surface area contributed by atoms with Gasteiger partial charge in [-0.2, -0.15) is 5.10 Å². The number of aromatic hydroxyl groups is 1. The second-order valence-corrected chi connectivity index (χ2v) is 3.07. The number of carbonyl (C=O) groups is 1. The molecule has 86 valence electrons. The molecule has 0 unspecified atom stereocenters. The van der Waals surface area contributed by atoms with Gasteiger partial charge in [0.05, 0.1) is 12.8 Å². The fourth-order valence-electron chi connectivity index (χ4n) is 1.08. The number of hydrogen-bond donors (Lipinski definition) is 2. The molecule has 0 radical (unpaired) electrons. The summed E-state index contributed by atoms with van der Waals surface area (Å²) < 4.78 is 5.34. The number of phenolic OH excluding ortho intramolecular Hbond substituents is 1. The number of nitrogens with zero attached hydrogens (tertiary/aromatic N) is 1. The number of hydrazone groups is 1. The van der Waals surface area contributed by atoms with Crippen molar-refractivity contribution in [1.29, 1.82) is 0 Å². The summed E-state index contributed by atoms with van der Waals surface area (Å²) in [6, 6.07) is 4.91. The average molecular weight is 222 g/mol. The van der Waals surface area contributed by atoms with Crippen molar-refractivity contribution < 1.29 is 14.6 Å². The molecule has 0 fully saturated rings. The smallest absolute Gasteiger partial charge is 0.227 e. The molecular weight excluding hydrogens is 208 g/mol. The van der Waals surface area contributed by atoms with Gasteiger partial charge in [0.25, 0.3) is 0 Å². The summed E-state index contributed by atoms with van der Waals surface area (Å²) in [7, 11) is 0. The lowest BCUT2D eigenvalue weighted by atomic mass is 10.2. The normalized spacial score (nSPS) is 10.3. The van der Waals surface area contributed by atoms with Crippen LogP contribution in [0.15, 0.2) is 23.3 Å². The Labute approximate surface area is 93.7 Å². The van der Waals surface area contributed by atoms with E-state index in [2.05, 4.69) is 10.5 Å². The molecule has 0 bridgehead atoms. The molecule has 5 heteroatoms. The van der Waals surface area contributed by atoms with Crippen LogP contribution in [0.5, 0.6) is 11.5 Å². The van der Waals surface area contributed by atoms with Gasteiger partial charge in [-0.25, -0.2) is 5.43 Å². The van der Waals surface area contributed by atoms with Crippen molar-refractivity contribution in [2.24, 2.45) is 5.10 Å². The summed E-state index contributed by atoms with van der Waals surface area (Å²) >= 11 is 0. The monoisotopic (exact) mass is 222 g/mol. The molecule has 2 N–H and O–H groups in total. The van der Waals surface area contributed by atoms with Gasteiger partial charge in [-0.15, -0.1) is 0 Å². The Morgan fingerprint density at radius 3 is 3.00 bits per heavy atom. The first-order valence-corrected chi connectivity index (χ1v) is 4.96. The molecule has 0 aliphatic rings. The Kier molecular flexibility index (Phi) is 4.85. The Bertz CT molecular complexity index is 377. The molecule has 5 nitrogen and oxygen atoms in total. The van der Waals surface area contributed by atoms with E-state index in [0.29, 0.717) is 24.3 Å². The molecule has 0 aliphatic carbocycles. The van der Waals surface area contributed by atoms with Crippen molar-refractivity contribution in [2.75, 3.05) is 6.61 Å². The van der Waals surface area contributed by atoms with Gasteiger partial charge in [-0.1, -0.05) is 6.92 Å². The van der Waals surface area contributed by atoms with Gasteiger partial charge in [0.15, 0.2) is 0 Å². The number of phenols is 1. The van der Waals surface area contributed by atoms with Crippen LogP contribution in [-0.4, -0.2) is 24.3 Å². The lowest BCUT2D eigenvalue weighted by molar-refractivity contribution is -0.109. The van der Waals surface area contributed by atoms with Crippen molar-refractivity contribution in [3.63, 3.8) is 0 Å². The van der Waals surface area contributed by atoms with Crippen molar-refractivity contribution in [1.82, 2.24) is 5.43 Å². The van der Waals surface area contributed by atoms with Gasteiger partial charge in [0.2, 0.25) is 6.41 Å². The lowest BCUT2D eigenvalue weighted by Crippen LogP contribution is -2.01. The van der Waals surface area contributed by atoms with E-state index in [1.807, 2.05) is 6.92 Å². The van der Waals surface area contributed by atoms with E-state index in [-0.39, 0.29) is 5.75 Å². The zero-order valence-electron chi connectivity index (χ0n) is 9.01. The largest absolute Gasteiger partial charge is 0.507 e. The van der Waals surface area contributed by atoms with Crippen molar-refractivity contribution in [2.45, 2.75) is 13.3 Å². The van der Waals surface area contributed by atoms with Crippen molar-refractivity contribution in [3.8, 4) is 11.5 Å². The fraction of sp³-hybridized carbons (Fsp3) is 0.273. The maximum atomic E-state index is 9.94. The van der Waals surface area contributed by atoms with Gasteiger partial charge in [-0.3, -0.25) is 4.79 Å². The molecule has 1 aromatic carbocycles. The van der Waals surface area contributed by atoms with E-state index < -0.39 is 0 Å². The van der Waals surface area contributed by atoms with Crippen LogP contribution in [0.1, 0.15) is 18.9 Å². The molecule has 16 heavy (non-hydrogen) atoms. The number of hydrogen-bond acceptors (Lipinski definition) is 4. The molecule has 0 atom stereocenters. The van der Waals surface area contributed by atoms with Crippen LogP contribution in [0.3, 0.4) is 0 Å². The first kappa shape index (κ1) is 12.0. The second-order valence-electron chi connectivity index (χ2n) is 3.07. The average Bonchev–Trinajstić information content (AvgIpc) is 2.29. The van der Waals surface area contributed by atoms with Gasteiger partial charge in [0, 0.05) is 11.6 Å². The standard InChI is InChI=1S/C11H14N2O3/c1-2-5-16-10-4-3-9(11(15)6-10)7-12-13-8-14/h3-4,6-8,15H,2,5H2,1H3,(H,13,14). The van der Waals surface area contributed by atoms with Gasteiger partial charge < -0.3 is 9.84 Å². The van der Waals surface area contributed by atoms with E-state index in [1.54, 1.807) is 12.1 Å². The van der Waals surface area contributed by atoms with Crippen LogP contribution >= 0.6 is 0 Å². The molecule has 0 aliphatic heterocycles. The quantitative estimate of drug-likeness (QED) is 0.432. The van der Waals surface area contributed by atoms with Crippen LogP contribution < -0.4 is 10.2 Å². The van der Waals surface area contributed by atoms with Gasteiger partial charge in [-0.05, 0) is 18.6 Å². The summed E-state index contributed by atoms with van der Waals surface area (Å²) in [5.41, 5.74) is 2.63. The number of rotatable bonds is 6. The van der Waals surface area contributed by atoms with E-state index in [9.17, 15) is 9.90 Å². The summed E-state index contributed by atoms with van der Waals surface area (Å²) in [6.45, 7) is 2.62. The van der Waals surface area contributed by atoms with Crippen LogP contribution in [0.25, 0.3) is 0 Å². The molecular formula is C11H14N2O3. The SMILES string of the molecule is CCCOc1ccc(C=NNC=O)c(O)c1. The number of carbonyl (C=O) groups excluding carboxylic acids is 1. The van der Waals surface area contributed by atoms with Crippen molar-refractivity contribution >= 4 is 12.6 Å². The Morgan fingerprint density at radius 1 is 1.56 bits per heavy atom. The molecule has 1 rings (SSSR count). The number of ether oxygens (including phenoxy) is 1. The third kappa shape index (κ3) is 3.61. The van der Waals surface area contributed by atoms with E-state index >= 15 is 0 Å². The minimum atomic E-state index is 0.0602. The van der Waals surface area contributed by atoms with Crippen LogP contribution in [0, 0.1) is 0 Å². The first-order chi connectivity index (χ1) is 7.77. The van der Waals surface area contributed by atoms with Crippen molar-refractivity contribution in [3.05, 3.63) is 23.8 Å². The summed E-state index contributed by atoms with van der Waals surface area (Å²) in [4.78, 5) is 9.94. The number of nitrogens with one attached hydrogen (secondary N) is 1. The molecule has 0 heterocycles. The van der Waals surface area contributed by atoms with E-state index in [1.165, 1.54) is 12.3 Å². The highest BCUT2D eigenvalue weighted by atomic mass is 16.5. The molecule has 0 saturated heterocycles. The first-order valence-electron chi connectivity index (χ1n) is 4.96. The Balaban J connectivity index is 2.70. The maximum Gasteiger partial charge on any atom is 0.227 e. The Hall–Kier alpha value is -2.04. The van der Waals surface area contributed by atoms with E-state index in [0.717, 1.165) is 6.42 Å². The number of amides is 1. The third-order valence-corrected chi connectivity index (χ3v) is 1.81. The molecule has 0 aromatic heterocycles. The topological polar surface area (TPSA) is 70.9 Å².